The van der Waals surface area contributed by atoms with Gasteiger partial charge in [0.2, 0.25) is 5.91 Å². The quantitative estimate of drug-likeness (QED) is 0.846. The van der Waals surface area contributed by atoms with E-state index in [9.17, 15) is 14.7 Å². The maximum Gasteiger partial charge on any atom is 0.326 e. The third-order valence-corrected chi connectivity index (χ3v) is 4.10. The first kappa shape index (κ1) is 15.5. The molecule has 1 aliphatic carbocycles. The topological polar surface area (TPSA) is 66.4 Å². The van der Waals surface area contributed by atoms with Crippen LogP contribution in [0.4, 0.5) is 0 Å². The normalized spacial score (nSPS) is 16.6. The lowest BCUT2D eigenvalue weighted by Crippen LogP contribution is -2.42. The number of carbonyl (C=O) groups is 2. The molecule has 0 unspecified atom stereocenters. The van der Waals surface area contributed by atoms with E-state index in [0.29, 0.717) is 18.8 Å². The Balaban J connectivity index is 1.92. The number of rotatable bonds is 6. The molecular formula is C17H23NO3. The minimum Gasteiger partial charge on any atom is -0.480 e. The van der Waals surface area contributed by atoms with E-state index >= 15 is 0 Å². The van der Waals surface area contributed by atoms with Gasteiger partial charge in [-0.1, -0.05) is 42.7 Å². The molecule has 0 radical (unpaired) electrons. The highest BCUT2D eigenvalue weighted by molar-refractivity contribution is 5.83. The van der Waals surface area contributed by atoms with Crippen LogP contribution >= 0.6 is 0 Å². The molecule has 0 heterocycles. The van der Waals surface area contributed by atoms with Crippen LogP contribution in [0.25, 0.3) is 0 Å². The molecule has 1 aromatic carbocycles. The molecule has 1 fully saturated rings. The Morgan fingerprint density at radius 2 is 2.05 bits per heavy atom. The summed E-state index contributed by atoms with van der Waals surface area (Å²) in [7, 11) is 0. The minimum atomic E-state index is -0.976. The third-order valence-electron chi connectivity index (χ3n) is 4.10. The molecule has 1 saturated carbocycles. The second-order valence-electron chi connectivity index (χ2n) is 6.01. The highest BCUT2D eigenvalue weighted by Crippen LogP contribution is 2.27. The number of aryl methyl sites for hydroxylation is 1. The maximum atomic E-state index is 12.0. The number of hydrogen-bond donors (Lipinski definition) is 2. The number of aliphatic carboxylic acids is 1. The predicted octanol–water partition coefficient (Wildman–Crippen LogP) is 2.69. The van der Waals surface area contributed by atoms with Gasteiger partial charge in [0.05, 0.1) is 0 Å². The van der Waals surface area contributed by atoms with E-state index in [2.05, 4.69) is 5.32 Å². The van der Waals surface area contributed by atoms with Crippen LogP contribution < -0.4 is 5.32 Å². The van der Waals surface area contributed by atoms with Crippen molar-refractivity contribution in [3.8, 4) is 0 Å². The van der Waals surface area contributed by atoms with Gasteiger partial charge in [-0.25, -0.2) is 4.79 Å². The molecule has 1 aromatic rings. The molecule has 21 heavy (non-hydrogen) atoms. The molecule has 1 aliphatic rings. The van der Waals surface area contributed by atoms with Crippen molar-refractivity contribution in [2.75, 3.05) is 0 Å². The number of benzene rings is 1. The van der Waals surface area contributed by atoms with Gasteiger partial charge in [-0.05, 0) is 31.2 Å². The Bertz CT molecular complexity index is 507. The first-order valence-corrected chi connectivity index (χ1v) is 7.62. The Morgan fingerprint density at radius 1 is 1.33 bits per heavy atom. The van der Waals surface area contributed by atoms with Gasteiger partial charge in [-0.15, -0.1) is 0 Å². The van der Waals surface area contributed by atoms with E-state index < -0.39 is 12.0 Å². The van der Waals surface area contributed by atoms with Crippen molar-refractivity contribution in [3.63, 3.8) is 0 Å². The zero-order chi connectivity index (χ0) is 15.2. The van der Waals surface area contributed by atoms with E-state index in [1.165, 1.54) is 12.8 Å². The molecule has 0 saturated heterocycles. The van der Waals surface area contributed by atoms with E-state index in [1.54, 1.807) is 0 Å². The summed E-state index contributed by atoms with van der Waals surface area (Å²) in [6, 6.07) is 6.88. The lowest BCUT2D eigenvalue weighted by atomic mass is 10.0. The van der Waals surface area contributed by atoms with E-state index in [1.807, 2.05) is 31.2 Å². The van der Waals surface area contributed by atoms with Crippen LogP contribution in [0.2, 0.25) is 0 Å². The SMILES string of the molecule is Cc1cccc(C[C@@H](NC(=O)CC2CCCC2)C(=O)O)c1. The standard InChI is InChI=1S/C17H23NO3/c1-12-5-4-8-14(9-12)10-15(17(20)21)18-16(19)11-13-6-2-3-7-13/h4-5,8-9,13,15H,2-3,6-7,10-11H2,1H3,(H,18,19)(H,20,21)/t15-/m1/s1. The lowest BCUT2D eigenvalue weighted by molar-refractivity contribution is -0.141. The second kappa shape index (κ2) is 7.25. The van der Waals surface area contributed by atoms with Crippen LogP contribution in [-0.4, -0.2) is 23.0 Å². The zero-order valence-corrected chi connectivity index (χ0v) is 12.5. The van der Waals surface area contributed by atoms with Crippen molar-refractivity contribution >= 4 is 11.9 Å². The highest BCUT2D eigenvalue weighted by Gasteiger charge is 2.23. The minimum absolute atomic E-state index is 0.137. The van der Waals surface area contributed by atoms with E-state index in [0.717, 1.165) is 24.0 Å². The average molecular weight is 289 g/mol. The Kier molecular flexibility index (Phi) is 5.37. The van der Waals surface area contributed by atoms with Crippen molar-refractivity contribution in [1.82, 2.24) is 5.32 Å². The molecule has 114 valence electrons. The van der Waals surface area contributed by atoms with Gasteiger partial charge in [0.1, 0.15) is 6.04 Å². The molecule has 0 bridgehead atoms. The van der Waals surface area contributed by atoms with Crippen LogP contribution in [0.3, 0.4) is 0 Å². The fourth-order valence-corrected chi connectivity index (χ4v) is 3.00. The van der Waals surface area contributed by atoms with Crippen LogP contribution in [0.15, 0.2) is 24.3 Å². The fraction of sp³-hybridized carbons (Fsp3) is 0.529. The number of carbonyl (C=O) groups excluding carboxylic acids is 1. The van der Waals surface area contributed by atoms with Gasteiger partial charge in [0.25, 0.3) is 0 Å². The summed E-state index contributed by atoms with van der Waals surface area (Å²) in [5, 5.41) is 12.0. The first-order valence-electron chi connectivity index (χ1n) is 7.62. The summed E-state index contributed by atoms with van der Waals surface area (Å²) in [5.74, 6) is -0.684. The van der Waals surface area contributed by atoms with Gasteiger partial charge in [-0.3, -0.25) is 4.79 Å². The monoisotopic (exact) mass is 289 g/mol. The van der Waals surface area contributed by atoms with Gasteiger partial charge in [-0.2, -0.15) is 0 Å². The van der Waals surface area contributed by atoms with Gasteiger partial charge in [0, 0.05) is 12.8 Å². The van der Waals surface area contributed by atoms with Crippen LogP contribution in [0.5, 0.6) is 0 Å². The number of amides is 1. The summed E-state index contributed by atoms with van der Waals surface area (Å²) in [6.07, 6.45) is 5.32. The molecule has 4 nitrogen and oxygen atoms in total. The van der Waals surface area contributed by atoms with Crippen molar-refractivity contribution in [3.05, 3.63) is 35.4 Å². The van der Waals surface area contributed by atoms with Crippen LogP contribution in [-0.2, 0) is 16.0 Å². The molecule has 0 spiro atoms. The lowest BCUT2D eigenvalue weighted by Gasteiger charge is -2.16. The predicted molar refractivity (Wildman–Crippen MR) is 81.0 cm³/mol. The number of nitrogens with one attached hydrogen (secondary N) is 1. The number of carboxylic acid groups (broad SMARTS) is 1. The molecule has 0 aromatic heterocycles. The molecule has 0 aliphatic heterocycles. The Hall–Kier alpha value is -1.84. The van der Waals surface area contributed by atoms with Gasteiger partial charge < -0.3 is 10.4 Å². The molecule has 2 rings (SSSR count). The molecule has 1 atom stereocenters. The van der Waals surface area contributed by atoms with E-state index in [4.69, 9.17) is 0 Å². The number of carboxylic acids is 1. The summed E-state index contributed by atoms with van der Waals surface area (Å²) in [6.45, 7) is 1.97. The molecular weight excluding hydrogens is 266 g/mol. The van der Waals surface area contributed by atoms with Crippen molar-refractivity contribution in [2.24, 2.45) is 5.92 Å². The van der Waals surface area contributed by atoms with Crippen molar-refractivity contribution in [1.29, 1.82) is 0 Å². The maximum absolute atomic E-state index is 12.0. The van der Waals surface area contributed by atoms with Gasteiger partial charge >= 0.3 is 5.97 Å². The fourth-order valence-electron chi connectivity index (χ4n) is 3.00. The summed E-state index contributed by atoms with van der Waals surface area (Å²) < 4.78 is 0. The Labute approximate surface area is 125 Å². The van der Waals surface area contributed by atoms with Crippen LogP contribution in [0.1, 0.15) is 43.2 Å². The van der Waals surface area contributed by atoms with Crippen molar-refractivity contribution < 1.29 is 14.7 Å². The largest absolute Gasteiger partial charge is 0.480 e. The molecule has 1 amide bonds. The average Bonchev–Trinajstić information content (AvgIpc) is 2.90. The molecule has 4 heteroatoms. The van der Waals surface area contributed by atoms with Crippen LogP contribution in [0, 0.1) is 12.8 Å². The first-order chi connectivity index (χ1) is 10.0. The zero-order valence-electron chi connectivity index (χ0n) is 12.5. The summed E-state index contributed by atoms with van der Waals surface area (Å²) in [5.41, 5.74) is 2.03. The summed E-state index contributed by atoms with van der Waals surface area (Å²) >= 11 is 0. The Morgan fingerprint density at radius 3 is 2.67 bits per heavy atom. The highest BCUT2D eigenvalue weighted by atomic mass is 16.4. The summed E-state index contributed by atoms with van der Waals surface area (Å²) in [4.78, 5) is 23.3. The van der Waals surface area contributed by atoms with Gasteiger partial charge in [0.15, 0.2) is 0 Å². The smallest absolute Gasteiger partial charge is 0.326 e. The molecule has 2 N–H and O–H groups in total. The second-order valence-corrected chi connectivity index (χ2v) is 6.01. The third kappa shape index (κ3) is 4.88. The van der Waals surface area contributed by atoms with E-state index in [-0.39, 0.29) is 5.91 Å². The van der Waals surface area contributed by atoms with Crippen molar-refractivity contribution in [2.45, 2.75) is 51.5 Å². The number of hydrogen-bond acceptors (Lipinski definition) is 2.